The van der Waals surface area contributed by atoms with E-state index in [0.29, 0.717) is 5.92 Å². The summed E-state index contributed by atoms with van der Waals surface area (Å²) >= 11 is 0. The van der Waals surface area contributed by atoms with Gasteiger partial charge in [-0.2, -0.15) is 0 Å². The highest BCUT2D eigenvalue weighted by Gasteiger charge is 2.13. The molecule has 0 saturated carbocycles. The fraction of sp³-hybridized carbons (Fsp3) is 0.667. The quantitative estimate of drug-likeness (QED) is 0.632. The van der Waals surface area contributed by atoms with E-state index in [1.807, 2.05) is 7.05 Å². The normalized spacial score (nSPS) is 10.6. The first-order valence-electron chi connectivity index (χ1n) is 6.08. The number of rotatable bonds is 7. The smallest absolute Gasteiger partial charge is 0.134 e. The highest BCUT2D eigenvalue weighted by molar-refractivity contribution is 5.58. The number of nitrogens with zero attached hydrogens (tertiary/aromatic N) is 2. The first-order valence-corrected chi connectivity index (χ1v) is 6.08. The summed E-state index contributed by atoms with van der Waals surface area (Å²) in [6, 6.07) is 0. The van der Waals surface area contributed by atoms with Gasteiger partial charge in [0.25, 0.3) is 0 Å². The fourth-order valence-corrected chi connectivity index (χ4v) is 1.73. The Morgan fingerprint density at radius 1 is 1.24 bits per heavy atom. The van der Waals surface area contributed by atoms with Gasteiger partial charge in [-0.15, -0.1) is 0 Å². The Morgan fingerprint density at radius 3 is 2.53 bits per heavy atom. The number of aliphatic hydroxyl groups excluding tert-OH is 1. The molecule has 0 fully saturated rings. The maximum absolute atomic E-state index is 8.73. The van der Waals surface area contributed by atoms with Crippen molar-refractivity contribution in [2.75, 3.05) is 30.8 Å². The van der Waals surface area contributed by atoms with E-state index in [9.17, 15) is 0 Å². The second-order valence-corrected chi connectivity index (χ2v) is 4.25. The Kier molecular flexibility index (Phi) is 5.69. The molecular weight excluding hydrogens is 216 g/mol. The van der Waals surface area contributed by atoms with E-state index in [2.05, 4.69) is 34.4 Å². The van der Waals surface area contributed by atoms with Gasteiger partial charge in [0, 0.05) is 25.8 Å². The molecule has 0 aliphatic rings. The summed E-state index contributed by atoms with van der Waals surface area (Å²) in [5.74, 6) is 2.12. The van der Waals surface area contributed by atoms with E-state index < -0.39 is 0 Å². The fourth-order valence-electron chi connectivity index (χ4n) is 1.73. The second kappa shape index (κ2) is 7.06. The molecule has 0 spiro atoms. The Balaban J connectivity index is 2.76. The molecule has 0 aliphatic carbocycles. The van der Waals surface area contributed by atoms with Gasteiger partial charge in [0.05, 0.1) is 0 Å². The molecule has 0 radical (unpaired) electrons. The van der Waals surface area contributed by atoms with Crippen LogP contribution >= 0.6 is 0 Å². The highest BCUT2D eigenvalue weighted by atomic mass is 16.2. The number of unbranched alkanes of at least 4 members (excludes halogenated alkanes) is 1. The average Bonchev–Trinajstić information content (AvgIpc) is 2.33. The lowest BCUT2D eigenvalue weighted by Crippen LogP contribution is -2.10. The van der Waals surface area contributed by atoms with Crippen LogP contribution in [0.5, 0.6) is 0 Å². The van der Waals surface area contributed by atoms with Crippen molar-refractivity contribution in [1.82, 2.24) is 9.97 Å². The third-order valence-electron chi connectivity index (χ3n) is 2.58. The summed E-state index contributed by atoms with van der Waals surface area (Å²) in [6.07, 6.45) is 3.31. The molecule has 5 nitrogen and oxygen atoms in total. The van der Waals surface area contributed by atoms with Gasteiger partial charge >= 0.3 is 0 Å². The summed E-state index contributed by atoms with van der Waals surface area (Å²) in [6.45, 7) is 5.31. The predicted octanol–water partition coefficient (Wildman–Crippen LogP) is 1.83. The number of nitrogens with one attached hydrogen (secondary N) is 2. The van der Waals surface area contributed by atoms with Gasteiger partial charge in [0.15, 0.2) is 0 Å². The second-order valence-electron chi connectivity index (χ2n) is 4.25. The molecule has 0 aromatic carbocycles. The Bertz CT molecular complexity index is 341. The zero-order valence-electron chi connectivity index (χ0n) is 10.8. The molecule has 0 unspecified atom stereocenters. The molecule has 0 amide bonds. The van der Waals surface area contributed by atoms with E-state index in [1.54, 1.807) is 6.33 Å². The van der Waals surface area contributed by atoms with Crippen LogP contribution in [0.1, 0.15) is 38.2 Å². The zero-order chi connectivity index (χ0) is 12.7. The average molecular weight is 238 g/mol. The molecule has 1 rings (SSSR count). The molecule has 1 aromatic rings. The van der Waals surface area contributed by atoms with E-state index >= 15 is 0 Å². The molecule has 17 heavy (non-hydrogen) atoms. The van der Waals surface area contributed by atoms with E-state index in [4.69, 9.17) is 5.11 Å². The maximum Gasteiger partial charge on any atom is 0.134 e. The van der Waals surface area contributed by atoms with Gasteiger partial charge in [0.2, 0.25) is 0 Å². The van der Waals surface area contributed by atoms with Crippen molar-refractivity contribution in [3.63, 3.8) is 0 Å². The van der Waals surface area contributed by atoms with Crippen LogP contribution in [-0.2, 0) is 0 Å². The van der Waals surface area contributed by atoms with Crippen LogP contribution in [0.25, 0.3) is 0 Å². The lowest BCUT2D eigenvalue weighted by molar-refractivity contribution is 0.286. The summed E-state index contributed by atoms with van der Waals surface area (Å²) in [5, 5.41) is 15.1. The Labute approximate surface area is 103 Å². The third-order valence-corrected chi connectivity index (χ3v) is 2.58. The number of aromatic nitrogens is 2. The van der Waals surface area contributed by atoms with Crippen molar-refractivity contribution >= 4 is 11.6 Å². The first kappa shape index (κ1) is 13.7. The molecule has 1 heterocycles. The van der Waals surface area contributed by atoms with Gasteiger partial charge < -0.3 is 15.7 Å². The van der Waals surface area contributed by atoms with Crippen LogP contribution in [0.2, 0.25) is 0 Å². The van der Waals surface area contributed by atoms with Crippen molar-refractivity contribution in [3.8, 4) is 0 Å². The SMILES string of the molecule is CNc1ncnc(NCCCCO)c1C(C)C. The minimum atomic E-state index is 0.240. The molecule has 96 valence electrons. The van der Waals surface area contributed by atoms with Crippen LogP contribution in [0, 0.1) is 0 Å². The van der Waals surface area contributed by atoms with Crippen molar-refractivity contribution in [3.05, 3.63) is 11.9 Å². The van der Waals surface area contributed by atoms with Gasteiger partial charge in [-0.25, -0.2) is 9.97 Å². The first-order chi connectivity index (χ1) is 8.20. The Morgan fingerprint density at radius 2 is 1.94 bits per heavy atom. The number of hydrogen-bond acceptors (Lipinski definition) is 5. The predicted molar refractivity (Wildman–Crippen MR) is 70.5 cm³/mol. The Hall–Kier alpha value is -1.36. The van der Waals surface area contributed by atoms with Crippen LogP contribution in [0.3, 0.4) is 0 Å². The molecule has 0 atom stereocenters. The molecule has 3 N–H and O–H groups in total. The van der Waals surface area contributed by atoms with Crippen molar-refractivity contribution in [1.29, 1.82) is 0 Å². The van der Waals surface area contributed by atoms with Gasteiger partial charge in [0.1, 0.15) is 18.0 Å². The monoisotopic (exact) mass is 238 g/mol. The van der Waals surface area contributed by atoms with E-state index in [-0.39, 0.29) is 6.61 Å². The largest absolute Gasteiger partial charge is 0.396 e. The summed E-state index contributed by atoms with van der Waals surface area (Å²) in [4.78, 5) is 8.50. The minimum absolute atomic E-state index is 0.240. The van der Waals surface area contributed by atoms with E-state index in [0.717, 1.165) is 36.6 Å². The molecule has 0 saturated heterocycles. The molecule has 1 aromatic heterocycles. The molecule has 0 aliphatic heterocycles. The van der Waals surface area contributed by atoms with Crippen molar-refractivity contribution in [2.24, 2.45) is 0 Å². The zero-order valence-corrected chi connectivity index (χ0v) is 10.8. The maximum atomic E-state index is 8.73. The lowest BCUT2D eigenvalue weighted by atomic mass is 10.0. The minimum Gasteiger partial charge on any atom is -0.396 e. The summed E-state index contributed by atoms with van der Waals surface area (Å²) < 4.78 is 0. The number of hydrogen-bond donors (Lipinski definition) is 3. The van der Waals surface area contributed by atoms with Crippen molar-refractivity contribution < 1.29 is 5.11 Å². The van der Waals surface area contributed by atoms with Crippen molar-refractivity contribution in [2.45, 2.75) is 32.6 Å². The van der Waals surface area contributed by atoms with E-state index in [1.165, 1.54) is 0 Å². The van der Waals surface area contributed by atoms with Gasteiger partial charge in [-0.05, 0) is 18.8 Å². The van der Waals surface area contributed by atoms with Crippen LogP contribution < -0.4 is 10.6 Å². The summed E-state index contributed by atoms with van der Waals surface area (Å²) in [7, 11) is 1.86. The van der Waals surface area contributed by atoms with Crippen LogP contribution in [-0.4, -0.2) is 35.3 Å². The molecule has 5 heteroatoms. The highest BCUT2D eigenvalue weighted by Crippen LogP contribution is 2.27. The molecular formula is C12H22N4O. The topological polar surface area (TPSA) is 70.1 Å². The number of aliphatic hydroxyl groups is 1. The summed E-state index contributed by atoms with van der Waals surface area (Å²) in [5.41, 5.74) is 1.11. The van der Waals surface area contributed by atoms with Crippen LogP contribution in [0.4, 0.5) is 11.6 Å². The third kappa shape index (κ3) is 3.85. The van der Waals surface area contributed by atoms with Gasteiger partial charge in [-0.1, -0.05) is 13.8 Å². The van der Waals surface area contributed by atoms with Gasteiger partial charge in [-0.3, -0.25) is 0 Å². The standard InChI is InChI=1S/C12H22N4O/c1-9(2)10-11(13-3)15-8-16-12(10)14-6-4-5-7-17/h8-9,17H,4-7H2,1-3H3,(H2,13,14,15,16). The number of anilines is 2. The molecule has 0 bridgehead atoms. The van der Waals surface area contributed by atoms with Crippen LogP contribution in [0.15, 0.2) is 6.33 Å². The lowest BCUT2D eigenvalue weighted by Gasteiger charge is -2.16.